The van der Waals surface area contributed by atoms with Gasteiger partial charge < -0.3 is 10.4 Å². The van der Waals surface area contributed by atoms with Crippen molar-refractivity contribution in [3.05, 3.63) is 0 Å². The van der Waals surface area contributed by atoms with E-state index in [1.54, 1.807) is 0 Å². The first-order valence-electron chi connectivity index (χ1n) is 4.67. The predicted octanol–water partition coefficient (Wildman–Crippen LogP) is -0.466. The average molecular weight is 207 g/mol. The van der Waals surface area contributed by atoms with E-state index in [2.05, 4.69) is 12.2 Å². The van der Waals surface area contributed by atoms with E-state index in [-0.39, 0.29) is 17.5 Å². The molecule has 1 saturated heterocycles. The minimum atomic E-state index is -2.99. The van der Waals surface area contributed by atoms with Crippen LogP contribution in [0.1, 0.15) is 19.8 Å². The fourth-order valence-corrected chi connectivity index (χ4v) is 3.26. The van der Waals surface area contributed by atoms with Crippen molar-refractivity contribution in [1.82, 2.24) is 5.32 Å². The van der Waals surface area contributed by atoms with Crippen molar-refractivity contribution in [2.24, 2.45) is 0 Å². The molecule has 0 bridgehead atoms. The number of unbranched alkanes of at least 4 members (excludes halogenated alkanes) is 1. The smallest absolute Gasteiger partial charge is 0.154 e. The van der Waals surface area contributed by atoms with Gasteiger partial charge in [-0.2, -0.15) is 0 Å². The molecule has 0 aromatic carbocycles. The fourth-order valence-electron chi connectivity index (χ4n) is 1.49. The summed E-state index contributed by atoms with van der Waals surface area (Å²) >= 11 is 0. The second kappa shape index (κ2) is 4.39. The Morgan fingerprint density at radius 1 is 1.46 bits per heavy atom. The molecule has 4 nitrogen and oxygen atoms in total. The zero-order valence-electron chi connectivity index (χ0n) is 7.86. The third kappa shape index (κ3) is 3.25. The number of hydrogen-bond acceptors (Lipinski definition) is 4. The molecule has 78 valence electrons. The Labute approximate surface area is 79.3 Å². The van der Waals surface area contributed by atoms with E-state index in [9.17, 15) is 13.5 Å². The van der Waals surface area contributed by atoms with Gasteiger partial charge in [0.2, 0.25) is 0 Å². The van der Waals surface area contributed by atoms with Crippen molar-refractivity contribution in [1.29, 1.82) is 0 Å². The third-order valence-corrected chi connectivity index (χ3v) is 3.98. The summed E-state index contributed by atoms with van der Waals surface area (Å²) in [5.41, 5.74) is 0. The van der Waals surface area contributed by atoms with Crippen molar-refractivity contribution in [3.8, 4) is 0 Å². The Balaban J connectivity index is 2.36. The number of hydrogen-bond donors (Lipinski definition) is 2. The lowest BCUT2D eigenvalue weighted by Gasteiger charge is -2.13. The second-order valence-electron chi connectivity index (χ2n) is 3.56. The molecule has 1 rings (SSSR count). The summed E-state index contributed by atoms with van der Waals surface area (Å²) in [5.74, 6) is -0.00529. The number of sulfone groups is 1. The topological polar surface area (TPSA) is 66.4 Å². The summed E-state index contributed by atoms with van der Waals surface area (Å²) in [6.45, 7) is 2.86. The minimum absolute atomic E-state index is 0.0812. The van der Waals surface area contributed by atoms with Crippen LogP contribution < -0.4 is 5.32 Å². The molecular formula is C8H17NO3S. The maximum absolute atomic E-state index is 11.1. The normalized spacial score (nSPS) is 32.2. The summed E-state index contributed by atoms with van der Waals surface area (Å²) in [4.78, 5) is 0. The Morgan fingerprint density at radius 2 is 2.15 bits per heavy atom. The molecule has 2 N–H and O–H groups in total. The monoisotopic (exact) mass is 207 g/mol. The molecule has 0 unspecified atom stereocenters. The van der Waals surface area contributed by atoms with Crippen LogP contribution in [-0.2, 0) is 9.84 Å². The van der Waals surface area contributed by atoms with Gasteiger partial charge in [-0.05, 0) is 13.0 Å². The molecule has 1 fully saturated rings. The summed E-state index contributed by atoms with van der Waals surface area (Å²) < 4.78 is 22.2. The fraction of sp³-hybridized carbons (Fsp3) is 1.00. The molecule has 5 heteroatoms. The summed E-state index contributed by atoms with van der Waals surface area (Å²) in [6.07, 6.45) is 1.37. The van der Waals surface area contributed by atoms with E-state index in [4.69, 9.17) is 0 Å². The van der Waals surface area contributed by atoms with E-state index in [0.29, 0.717) is 0 Å². The van der Waals surface area contributed by atoms with Crippen molar-refractivity contribution in [3.63, 3.8) is 0 Å². The molecule has 0 saturated carbocycles. The first-order valence-corrected chi connectivity index (χ1v) is 6.49. The summed E-state index contributed by atoms with van der Waals surface area (Å²) in [5, 5.41) is 12.4. The van der Waals surface area contributed by atoms with Crippen LogP contribution >= 0.6 is 0 Å². The van der Waals surface area contributed by atoms with Gasteiger partial charge in [0.1, 0.15) is 0 Å². The van der Waals surface area contributed by atoms with Crippen LogP contribution in [-0.4, -0.2) is 43.7 Å². The molecule has 13 heavy (non-hydrogen) atoms. The van der Waals surface area contributed by atoms with Gasteiger partial charge in [0.05, 0.1) is 17.6 Å². The molecule has 1 aliphatic heterocycles. The third-order valence-electron chi connectivity index (χ3n) is 2.26. The van der Waals surface area contributed by atoms with Gasteiger partial charge >= 0.3 is 0 Å². The molecule has 0 aromatic rings. The van der Waals surface area contributed by atoms with Crippen LogP contribution in [0.3, 0.4) is 0 Å². The summed E-state index contributed by atoms with van der Waals surface area (Å²) in [7, 11) is -2.99. The van der Waals surface area contributed by atoms with Gasteiger partial charge in [-0.3, -0.25) is 0 Å². The molecule has 0 amide bonds. The van der Waals surface area contributed by atoms with E-state index in [1.807, 2.05) is 0 Å². The number of aliphatic hydroxyl groups excluding tert-OH is 1. The minimum Gasteiger partial charge on any atom is -0.390 e. The van der Waals surface area contributed by atoms with E-state index in [1.165, 1.54) is 0 Å². The molecule has 0 spiro atoms. The lowest BCUT2D eigenvalue weighted by atomic mass is 10.2. The Morgan fingerprint density at radius 3 is 2.62 bits per heavy atom. The zero-order valence-corrected chi connectivity index (χ0v) is 8.68. The first kappa shape index (κ1) is 10.9. The van der Waals surface area contributed by atoms with Crippen molar-refractivity contribution in [2.45, 2.75) is 31.9 Å². The number of nitrogens with one attached hydrogen (secondary N) is 1. The highest BCUT2D eigenvalue weighted by molar-refractivity contribution is 7.91. The van der Waals surface area contributed by atoms with Gasteiger partial charge in [-0.25, -0.2) is 8.42 Å². The summed E-state index contributed by atoms with van der Waals surface area (Å²) in [6, 6.07) is -0.253. The Bertz CT molecular complexity index is 250. The van der Waals surface area contributed by atoms with E-state index in [0.717, 1.165) is 19.4 Å². The highest BCUT2D eigenvalue weighted by atomic mass is 32.2. The highest BCUT2D eigenvalue weighted by Crippen LogP contribution is 2.12. The van der Waals surface area contributed by atoms with Crippen LogP contribution in [0.15, 0.2) is 0 Å². The molecule has 1 aliphatic rings. The Kier molecular flexibility index (Phi) is 3.70. The first-order chi connectivity index (χ1) is 6.05. The van der Waals surface area contributed by atoms with Gasteiger partial charge in [0, 0.05) is 6.04 Å². The molecule has 2 atom stereocenters. The number of rotatable bonds is 4. The van der Waals surface area contributed by atoms with E-state index < -0.39 is 15.9 Å². The van der Waals surface area contributed by atoms with Crippen molar-refractivity contribution >= 4 is 9.84 Å². The SMILES string of the molecule is CCCCN[C@H]1CS(=O)(=O)C[C@@H]1O. The molecule has 0 aliphatic carbocycles. The Hall–Kier alpha value is -0.130. The van der Waals surface area contributed by atoms with Crippen molar-refractivity contribution < 1.29 is 13.5 Å². The van der Waals surface area contributed by atoms with Crippen LogP contribution in [0, 0.1) is 0 Å². The highest BCUT2D eigenvalue weighted by Gasteiger charge is 2.35. The average Bonchev–Trinajstić information content (AvgIpc) is 2.25. The maximum atomic E-state index is 11.1. The van der Waals surface area contributed by atoms with Crippen LogP contribution in [0.25, 0.3) is 0 Å². The lowest BCUT2D eigenvalue weighted by Crippen LogP contribution is -2.39. The van der Waals surface area contributed by atoms with Gasteiger partial charge in [0.25, 0.3) is 0 Å². The van der Waals surface area contributed by atoms with Crippen LogP contribution in [0.5, 0.6) is 0 Å². The van der Waals surface area contributed by atoms with Crippen LogP contribution in [0.2, 0.25) is 0 Å². The van der Waals surface area contributed by atoms with E-state index >= 15 is 0 Å². The molecule has 1 heterocycles. The second-order valence-corrected chi connectivity index (χ2v) is 5.71. The molecule has 0 radical (unpaired) electrons. The maximum Gasteiger partial charge on any atom is 0.154 e. The van der Waals surface area contributed by atoms with Crippen molar-refractivity contribution in [2.75, 3.05) is 18.1 Å². The number of aliphatic hydroxyl groups is 1. The standard InChI is InChI=1S/C8H17NO3S/c1-2-3-4-9-7-5-13(11,12)6-8(7)10/h7-10H,2-6H2,1H3/t7-,8-/m0/s1. The van der Waals surface area contributed by atoms with Crippen LogP contribution in [0.4, 0.5) is 0 Å². The van der Waals surface area contributed by atoms with Gasteiger partial charge in [-0.15, -0.1) is 0 Å². The lowest BCUT2D eigenvalue weighted by molar-refractivity contribution is 0.166. The molecule has 0 aromatic heterocycles. The molecular weight excluding hydrogens is 190 g/mol. The quantitative estimate of drug-likeness (QED) is 0.612. The van der Waals surface area contributed by atoms with Gasteiger partial charge in [0.15, 0.2) is 9.84 Å². The zero-order chi connectivity index (χ0) is 9.90. The van der Waals surface area contributed by atoms with Gasteiger partial charge in [-0.1, -0.05) is 13.3 Å². The predicted molar refractivity (Wildman–Crippen MR) is 51.4 cm³/mol. The largest absolute Gasteiger partial charge is 0.390 e.